The summed E-state index contributed by atoms with van der Waals surface area (Å²) in [7, 11) is 2.07. The maximum Gasteiger partial charge on any atom is 0.128 e. The zero-order chi connectivity index (χ0) is 14.2. The third-order valence-electron chi connectivity index (χ3n) is 3.58. The molecule has 2 rings (SSSR count). The van der Waals surface area contributed by atoms with Crippen LogP contribution in [0.4, 0.5) is 5.82 Å². The van der Waals surface area contributed by atoms with Crippen molar-refractivity contribution in [1.29, 1.82) is 0 Å². The van der Waals surface area contributed by atoms with Crippen LogP contribution in [0.2, 0.25) is 0 Å². The lowest BCUT2D eigenvalue weighted by Crippen LogP contribution is -2.24. The highest BCUT2D eigenvalue weighted by molar-refractivity contribution is 5.38. The monoisotopic (exact) mass is 277 g/mol. The molecule has 1 aliphatic rings. The molecular weight excluding hydrogens is 250 g/mol. The zero-order valence-corrected chi connectivity index (χ0v) is 12.8. The molecule has 0 saturated heterocycles. The minimum Gasteiger partial charge on any atom is -0.379 e. The average molecular weight is 277 g/mol. The van der Waals surface area contributed by atoms with E-state index in [0.717, 1.165) is 51.0 Å². The first-order valence-electron chi connectivity index (χ1n) is 7.74. The fraction of sp³-hybridized carbons (Fsp3) is 0.688. The number of pyridine rings is 1. The van der Waals surface area contributed by atoms with Crippen molar-refractivity contribution in [3.8, 4) is 0 Å². The molecule has 1 aliphatic carbocycles. The normalized spacial score (nSPS) is 14.5. The van der Waals surface area contributed by atoms with E-state index < -0.39 is 0 Å². The maximum atomic E-state index is 5.66. The Kier molecular flexibility index (Phi) is 6.27. The van der Waals surface area contributed by atoms with Crippen LogP contribution in [0.3, 0.4) is 0 Å². The molecule has 0 amide bonds. The van der Waals surface area contributed by atoms with Gasteiger partial charge in [-0.05, 0) is 43.4 Å². The second-order valence-electron chi connectivity index (χ2n) is 5.64. The molecule has 1 saturated carbocycles. The molecule has 0 radical (unpaired) electrons. The Morgan fingerprint density at radius 2 is 2.25 bits per heavy atom. The fourth-order valence-corrected chi connectivity index (χ4v) is 2.01. The number of hydrogen-bond acceptors (Lipinski definition) is 4. The van der Waals surface area contributed by atoms with E-state index in [4.69, 9.17) is 4.74 Å². The standard InChI is InChI=1S/C16H27N3O/c1-3-8-17-11-15-6-7-16(18-12-15)19(2)9-10-20-13-14-4-5-14/h6-7,12,14,17H,3-5,8-11,13H2,1-2H3. The van der Waals surface area contributed by atoms with Gasteiger partial charge in [0, 0.05) is 32.9 Å². The van der Waals surface area contributed by atoms with Gasteiger partial charge in [0.1, 0.15) is 5.82 Å². The van der Waals surface area contributed by atoms with Crippen LogP contribution in [0, 0.1) is 5.92 Å². The summed E-state index contributed by atoms with van der Waals surface area (Å²) in [6.45, 7) is 6.74. The SMILES string of the molecule is CCCNCc1ccc(N(C)CCOCC2CC2)nc1. The molecular formula is C16H27N3O. The molecule has 0 bridgehead atoms. The predicted molar refractivity (Wildman–Crippen MR) is 83.0 cm³/mol. The number of nitrogens with one attached hydrogen (secondary N) is 1. The van der Waals surface area contributed by atoms with Crippen molar-refractivity contribution in [2.75, 3.05) is 38.3 Å². The second kappa shape index (κ2) is 8.22. The highest BCUT2D eigenvalue weighted by atomic mass is 16.5. The quantitative estimate of drug-likeness (QED) is 0.667. The lowest BCUT2D eigenvalue weighted by molar-refractivity contribution is 0.131. The predicted octanol–water partition coefficient (Wildman–Crippen LogP) is 2.44. The summed E-state index contributed by atoms with van der Waals surface area (Å²) in [6, 6.07) is 4.23. The molecule has 1 N–H and O–H groups in total. The van der Waals surface area contributed by atoms with Gasteiger partial charge in [-0.1, -0.05) is 13.0 Å². The van der Waals surface area contributed by atoms with Gasteiger partial charge in [0.2, 0.25) is 0 Å². The van der Waals surface area contributed by atoms with Crippen molar-refractivity contribution >= 4 is 5.82 Å². The molecule has 1 aromatic heterocycles. The molecule has 1 aromatic rings. The molecule has 1 fully saturated rings. The Morgan fingerprint density at radius 1 is 1.40 bits per heavy atom. The summed E-state index contributed by atoms with van der Waals surface area (Å²) >= 11 is 0. The summed E-state index contributed by atoms with van der Waals surface area (Å²) in [5.74, 6) is 1.85. The number of likely N-dealkylation sites (N-methyl/N-ethyl adjacent to an activating group) is 1. The summed E-state index contributed by atoms with van der Waals surface area (Å²) in [6.07, 6.45) is 5.82. The topological polar surface area (TPSA) is 37.4 Å². The third kappa shape index (κ3) is 5.47. The minimum atomic E-state index is 0.786. The maximum absolute atomic E-state index is 5.66. The van der Waals surface area contributed by atoms with Gasteiger partial charge >= 0.3 is 0 Å². The molecule has 0 atom stereocenters. The number of ether oxygens (including phenoxy) is 1. The van der Waals surface area contributed by atoms with Crippen molar-refractivity contribution in [3.63, 3.8) is 0 Å². The van der Waals surface area contributed by atoms with Gasteiger partial charge in [-0.2, -0.15) is 0 Å². The van der Waals surface area contributed by atoms with Crippen LogP contribution >= 0.6 is 0 Å². The van der Waals surface area contributed by atoms with Crippen molar-refractivity contribution in [1.82, 2.24) is 10.3 Å². The molecule has 20 heavy (non-hydrogen) atoms. The Labute approximate surface area is 122 Å². The lowest BCUT2D eigenvalue weighted by Gasteiger charge is -2.18. The van der Waals surface area contributed by atoms with Crippen molar-refractivity contribution in [3.05, 3.63) is 23.9 Å². The molecule has 0 unspecified atom stereocenters. The van der Waals surface area contributed by atoms with E-state index in [9.17, 15) is 0 Å². The van der Waals surface area contributed by atoms with Crippen LogP contribution in [0.25, 0.3) is 0 Å². The molecule has 0 aliphatic heterocycles. The van der Waals surface area contributed by atoms with Gasteiger partial charge in [-0.15, -0.1) is 0 Å². The molecule has 4 nitrogen and oxygen atoms in total. The number of anilines is 1. The van der Waals surface area contributed by atoms with Gasteiger partial charge in [0.15, 0.2) is 0 Å². The van der Waals surface area contributed by atoms with Crippen molar-refractivity contribution < 1.29 is 4.74 Å². The average Bonchev–Trinajstić information content (AvgIpc) is 3.28. The summed E-state index contributed by atoms with van der Waals surface area (Å²) < 4.78 is 5.66. The summed E-state index contributed by atoms with van der Waals surface area (Å²) in [5.41, 5.74) is 1.24. The molecule has 1 heterocycles. The smallest absolute Gasteiger partial charge is 0.128 e. The van der Waals surface area contributed by atoms with E-state index in [-0.39, 0.29) is 0 Å². The molecule has 4 heteroatoms. The van der Waals surface area contributed by atoms with E-state index in [1.807, 2.05) is 6.20 Å². The fourth-order valence-electron chi connectivity index (χ4n) is 2.01. The van der Waals surface area contributed by atoms with E-state index in [1.165, 1.54) is 18.4 Å². The number of hydrogen-bond donors (Lipinski definition) is 1. The minimum absolute atomic E-state index is 0.786. The highest BCUT2D eigenvalue weighted by Crippen LogP contribution is 2.28. The Balaban J connectivity index is 1.67. The number of nitrogens with zero attached hydrogens (tertiary/aromatic N) is 2. The summed E-state index contributed by atoms with van der Waals surface area (Å²) in [4.78, 5) is 6.66. The molecule has 0 spiro atoms. The lowest BCUT2D eigenvalue weighted by atomic mass is 10.2. The molecule has 112 valence electrons. The molecule has 0 aromatic carbocycles. The van der Waals surface area contributed by atoms with Crippen LogP contribution in [-0.2, 0) is 11.3 Å². The Morgan fingerprint density at radius 3 is 2.90 bits per heavy atom. The van der Waals surface area contributed by atoms with Gasteiger partial charge in [-0.3, -0.25) is 0 Å². The van der Waals surface area contributed by atoms with Crippen LogP contribution < -0.4 is 10.2 Å². The van der Waals surface area contributed by atoms with Crippen LogP contribution in [0.5, 0.6) is 0 Å². The van der Waals surface area contributed by atoms with Crippen molar-refractivity contribution in [2.45, 2.75) is 32.7 Å². The van der Waals surface area contributed by atoms with E-state index >= 15 is 0 Å². The van der Waals surface area contributed by atoms with Crippen LogP contribution in [0.15, 0.2) is 18.3 Å². The van der Waals surface area contributed by atoms with Crippen LogP contribution in [-0.4, -0.2) is 38.3 Å². The van der Waals surface area contributed by atoms with E-state index in [0.29, 0.717) is 0 Å². The van der Waals surface area contributed by atoms with E-state index in [1.54, 1.807) is 0 Å². The van der Waals surface area contributed by atoms with Crippen LogP contribution in [0.1, 0.15) is 31.7 Å². The van der Waals surface area contributed by atoms with Gasteiger partial charge in [0.05, 0.1) is 6.61 Å². The third-order valence-corrected chi connectivity index (χ3v) is 3.58. The number of rotatable bonds is 10. The number of aromatic nitrogens is 1. The van der Waals surface area contributed by atoms with E-state index in [2.05, 4.69) is 41.3 Å². The van der Waals surface area contributed by atoms with Crippen molar-refractivity contribution in [2.24, 2.45) is 5.92 Å². The highest BCUT2D eigenvalue weighted by Gasteiger charge is 2.20. The first-order chi connectivity index (χ1) is 9.79. The first kappa shape index (κ1) is 15.3. The van der Waals surface area contributed by atoms with Gasteiger partial charge in [-0.25, -0.2) is 4.98 Å². The zero-order valence-electron chi connectivity index (χ0n) is 12.8. The van der Waals surface area contributed by atoms with Gasteiger partial charge in [0.25, 0.3) is 0 Å². The van der Waals surface area contributed by atoms with Gasteiger partial charge < -0.3 is 15.0 Å². The summed E-state index contributed by atoms with van der Waals surface area (Å²) in [5, 5.41) is 3.38. The first-order valence-corrected chi connectivity index (χ1v) is 7.74. The second-order valence-corrected chi connectivity index (χ2v) is 5.64. The Hall–Kier alpha value is -1.13. The largest absolute Gasteiger partial charge is 0.379 e. The Bertz CT molecular complexity index is 376.